The molecule has 2 aromatic heterocycles. The number of nitrogens with zero attached hydrogens (tertiary/aromatic N) is 6. The summed E-state index contributed by atoms with van der Waals surface area (Å²) in [5.74, 6) is 2.00. The summed E-state index contributed by atoms with van der Waals surface area (Å²) in [6.45, 7) is 9.13. The summed E-state index contributed by atoms with van der Waals surface area (Å²) in [6, 6.07) is 1.96. The molecule has 7 heteroatoms. The predicted octanol–water partition coefficient (Wildman–Crippen LogP) is 2.75. The number of aromatic nitrogens is 4. The van der Waals surface area contributed by atoms with Gasteiger partial charge in [0.2, 0.25) is 0 Å². The molecule has 1 saturated heterocycles. The number of piperidine rings is 1. The first-order valence-electron chi connectivity index (χ1n) is 6.81. The highest BCUT2D eigenvalue weighted by Gasteiger charge is 2.26. The highest BCUT2D eigenvalue weighted by molar-refractivity contribution is 14.1. The first kappa shape index (κ1) is 14.3. The smallest absolute Gasteiger partial charge is 0.293 e. The van der Waals surface area contributed by atoms with Gasteiger partial charge in [0, 0.05) is 29.6 Å². The molecule has 0 atom stereocenters. The van der Waals surface area contributed by atoms with E-state index in [0.29, 0.717) is 11.7 Å². The average molecular weight is 394 g/mol. The predicted molar refractivity (Wildman–Crippen MR) is 88.4 cm³/mol. The fourth-order valence-corrected chi connectivity index (χ4v) is 3.56. The lowest BCUT2D eigenvalue weighted by atomic mass is 9.95. The molecular formula is C14H15IN6. The van der Waals surface area contributed by atoms with Crippen molar-refractivity contribution < 1.29 is 0 Å². The molecule has 21 heavy (non-hydrogen) atoms. The van der Waals surface area contributed by atoms with Gasteiger partial charge in [-0.3, -0.25) is 0 Å². The topological polar surface area (TPSA) is 51.2 Å². The van der Waals surface area contributed by atoms with Crippen molar-refractivity contribution in [3.63, 3.8) is 0 Å². The summed E-state index contributed by atoms with van der Waals surface area (Å²) in [6.07, 6.45) is 5.50. The van der Waals surface area contributed by atoms with E-state index >= 15 is 0 Å². The van der Waals surface area contributed by atoms with E-state index < -0.39 is 0 Å². The van der Waals surface area contributed by atoms with Crippen LogP contribution in [0.25, 0.3) is 4.85 Å². The molecule has 0 radical (unpaired) electrons. The molecular weight excluding hydrogens is 379 g/mol. The summed E-state index contributed by atoms with van der Waals surface area (Å²) in [5, 5.41) is 8.18. The molecule has 1 aliphatic heterocycles. The second kappa shape index (κ2) is 5.97. The summed E-state index contributed by atoms with van der Waals surface area (Å²) >= 11 is 2.28. The van der Waals surface area contributed by atoms with Gasteiger partial charge in [-0.15, -0.1) is 15.2 Å². The van der Waals surface area contributed by atoms with Gasteiger partial charge in [0.15, 0.2) is 0 Å². The molecule has 0 spiro atoms. The molecule has 0 saturated carbocycles. The maximum absolute atomic E-state index is 7.29. The number of aryl methyl sites for hydroxylation is 1. The first-order chi connectivity index (χ1) is 10.2. The van der Waals surface area contributed by atoms with E-state index in [-0.39, 0.29) is 0 Å². The number of pyridine rings is 1. The summed E-state index contributed by atoms with van der Waals surface area (Å²) in [4.78, 5) is 10.0. The fraction of sp³-hybridized carbons (Fsp3) is 0.429. The summed E-state index contributed by atoms with van der Waals surface area (Å²) in [5.41, 5.74) is 0.976. The Kier molecular flexibility index (Phi) is 4.05. The third kappa shape index (κ3) is 2.72. The van der Waals surface area contributed by atoms with Gasteiger partial charge in [0.1, 0.15) is 18.3 Å². The lowest BCUT2D eigenvalue weighted by Crippen LogP contribution is -2.34. The quantitative estimate of drug-likeness (QED) is 0.581. The van der Waals surface area contributed by atoms with E-state index in [9.17, 15) is 0 Å². The Morgan fingerprint density at radius 3 is 2.76 bits per heavy atom. The average Bonchev–Trinajstić information content (AvgIpc) is 2.93. The van der Waals surface area contributed by atoms with Crippen molar-refractivity contribution in [2.45, 2.75) is 18.8 Å². The Morgan fingerprint density at radius 2 is 2.14 bits per heavy atom. The zero-order valence-electron chi connectivity index (χ0n) is 11.7. The monoisotopic (exact) mass is 394 g/mol. The van der Waals surface area contributed by atoms with Crippen LogP contribution >= 0.6 is 22.6 Å². The molecule has 3 heterocycles. The van der Waals surface area contributed by atoms with Gasteiger partial charge < -0.3 is 14.3 Å². The maximum Gasteiger partial charge on any atom is 0.293 e. The minimum absolute atomic E-state index is 0.444. The number of hydrogen-bond acceptors (Lipinski definition) is 4. The van der Waals surface area contributed by atoms with Crippen molar-refractivity contribution in [2.75, 3.05) is 18.0 Å². The minimum Gasteiger partial charge on any atom is -0.378 e. The number of hydrogen-bond donors (Lipinski definition) is 0. The van der Waals surface area contributed by atoms with E-state index in [1.54, 1.807) is 12.5 Å². The molecule has 2 aromatic rings. The third-order valence-corrected chi connectivity index (χ3v) is 4.75. The van der Waals surface area contributed by atoms with Crippen molar-refractivity contribution in [2.24, 2.45) is 7.05 Å². The van der Waals surface area contributed by atoms with E-state index in [4.69, 9.17) is 6.57 Å². The van der Waals surface area contributed by atoms with Crippen LogP contribution in [-0.4, -0.2) is 32.8 Å². The fourth-order valence-electron chi connectivity index (χ4n) is 2.82. The van der Waals surface area contributed by atoms with Gasteiger partial charge >= 0.3 is 0 Å². The number of halogens is 1. The van der Waals surface area contributed by atoms with Gasteiger partial charge in [0.05, 0.1) is 5.69 Å². The Labute approximate surface area is 137 Å². The van der Waals surface area contributed by atoms with E-state index in [1.807, 2.05) is 17.7 Å². The van der Waals surface area contributed by atoms with Crippen molar-refractivity contribution in [3.8, 4) is 0 Å². The summed E-state index contributed by atoms with van der Waals surface area (Å²) in [7, 11) is 1.99. The van der Waals surface area contributed by atoms with Crippen LogP contribution < -0.4 is 4.90 Å². The Bertz CT molecular complexity index is 681. The largest absolute Gasteiger partial charge is 0.378 e. The molecule has 1 fully saturated rings. The number of rotatable bonds is 2. The van der Waals surface area contributed by atoms with Crippen molar-refractivity contribution >= 4 is 34.1 Å². The van der Waals surface area contributed by atoms with Crippen LogP contribution in [-0.2, 0) is 7.05 Å². The van der Waals surface area contributed by atoms with Crippen molar-refractivity contribution in [3.05, 3.63) is 39.4 Å². The van der Waals surface area contributed by atoms with Gasteiger partial charge in [-0.05, 0) is 41.5 Å². The van der Waals surface area contributed by atoms with E-state index in [0.717, 1.165) is 41.0 Å². The van der Waals surface area contributed by atoms with Crippen LogP contribution in [0.5, 0.6) is 0 Å². The zero-order valence-corrected chi connectivity index (χ0v) is 13.9. The highest BCUT2D eigenvalue weighted by Crippen LogP contribution is 2.36. The van der Waals surface area contributed by atoms with E-state index in [2.05, 4.69) is 47.5 Å². The molecule has 6 nitrogen and oxygen atoms in total. The molecule has 0 aliphatic carbocycles. The molecule has 1 aliphatic rings. The zero-order chi connectivity index (χ0) is 14.8. The van der Waals surface area contributed by atoms with E-state index in [1.165, 1.54) is 0 Å². The van der Waals surface area contributed by atoms with Crippen LogP contribution in [0.3, 0.4) is 0 Å². The standard InChI is InChI=1S/C14H15IN6/c1-16-13-12(11(15)3-6-17-13)21-7-4-10(5-8-21)14-19-18-9-20(14)2/h3,6,9-10H,4-5,7-8H2,2H3. The lowest BCUT2D eigenvalue weighted by molar-refractivity contribution is 0.474. The Balaban J connectivity index is 1.78. The van der Waals surface area contributed by atoms with Crippen LogP contribution in [0.2, 0.25) is 0 Å². The third-order valence-electron chi connectivity index (χ3n) is 3.88. The van der Waals surface area contributed by atoms with Gasteiger partial charge in [-0.1, -0.05) is 6.57 Å². The van der Waals surface area contributed by atoms with Crippen LogP contribution in [0.1, 0.15) is 24.6 Å². The Hall–Kier alpha value is -1.69. The molecule has 0 bridgehead atoms. The van der Waals surface area contributed by atoms with Crippen LogP contribution in [0, 0.1) is 10.1 Å². The van der Waals surface area contributed by atoms with Gasteiger partial charge in [-0.2, -0.15) is 0 Å². The number of anilines is 1. The second-order valence-corrected chi connectivity index (χ2v) is 6.30. The van der Waals surface area contributed by atoms with Crippen LogP contribution in [0.4, 0.5) is 11.5 Å². The van der Waals surface area contributed by atoms with Gasteiger partial charge in [0.25, 0.3) is 5.82 Å². The molecule has 3 rings (SSSR count). The Morgan fingerprint density at radius 1 is 1.38 bits per heavy atom. The van der Waals surface area contributed by atoms with Crippen molar-refractivity contribution in [1.82, 2.24) is 19.7 Å². The molecule has 108 valence electrons. The normalized spacial score (nSPS) is 16.0. The van der Waals surface area contributed by atoms with Crippen molar-refractivity contribution in [1.29, 1.82) is 0 Å². The highest BCUT2D eigenvalue weighted by atomic mass is 127. The molecule has 0 amide bonds. The lowest BCUT2D eigenvalue weighted by Gasteiger charge is -2.34. The molecule has 0 N–H and O–H groups in total. The minimum atomic E-state index is 0.444. The molecule has 0 aromatic carbocycles. The summed E-state index contributed by atoms with van der Waals surface area (Å²) < 4.78 is 3.09. The molecule has 0 unspecified atom stereocenters. The first-order valence-corrected chi connectivity index (χ1v) is 7.89. The SMILES string of the molecule is [C-]#[N+]c1nccc(I)c1N1CCC(c2nncn2C)CC1. The van der Waals surface area contributed by atoms with Gasteiger partial charge in [-0.25, -0.2) is 0 Å². The maximum atomic E-state index is 7.29. The van der Waals surface area contributed by atoms with Crippen LogP contribution in [0.15, 0.2) is 18.6 Å². The second-order valence-electron chi connectivity index (χ2n) is 5.14.